The maximum absolute atomic E-state index is 6.37. The predicted octanol–water partition coefficient (Wildman–Crippen LogP) is 4.77. The summed E-state index contributed by atoms with van der Waals surface area (Å²) in [5.41, 5.74) is 3.33. The lowest BCUT2D eigenvalue weighted by Crippen LogP contribution is -1.97. The topological polar surface area (TPSA) is 43.1 Å². The Kier molecular flexibility index (Phi) is 3.48. The average Bonchev–Trinajstić information content (AvgIpc) is 2.98. The Morgan fingerprint density at radius 2 is 1.52 bits per heavy atom. The van der Waals surface area contributed by atoms with Crippen molar-refractivity contribution in [2.75, 3.05) is 0 Å². The number of hydrogen-bond acceptors (Lipinski definition) is 3. The largest absolute Gasteiger partial charge is 0.191 e. The number of halogens is 2. The average molecular weight is 341 g/mol. The first-order valence-electron chi connectivity index (χ1n) is 6.96. The van der Waals surface area contributed by atoms with Crippen LogP contribution in [-0.2, 0) is 0 Å². The van der Waals surface area contributed by atoms with Crippen LogP contribution < -0.4 is 0 Å². The molecular formula is C17H10Cl2N4. The molecule has 2 heterocycles. The molecule has 0 N–H and O–H groups in total. The lowest BCUT2D eigenvalue weighted by molar-refractivity contribution is 0.938. The van der Waals surface area contributed by atoms with Gasteiger partial charge in [0.15, 0.2) is 16.6 Å². The molecule has 0 spiro atoms. The van der Waals surface area contributed by atoms with Crippen molar-refractivity contribution >= 4 is 28.8 Å². The maximum Gasteiger partial charge on any atom is 0.185 e. The summed E-state index contributed by atoms with van der Waals surface area (Å²) in [6, 6.07) is 19.1. The van der Waals surface area contributed by atoms with Crippen LogP contribution in [0.4, 0.5) is 0 Å². The zero-order chi connectivity index (χ0) is 15.8. The molecule has 0 aliphatic heterocycles. The third kappa shape index (κ3) is 2.56. The third-order valence-corrected chi connectivity index (χ3v) is 4.07. The minimum absolute atomic E-state index is 0.402. The summed E-state index contributed by atoms with van der Waals surface area (Å²) >= 11 is 12.3. The summed E-state index contributed by atoms with van der Waals surface area (Å²) in [7, 11) is 0. The normalized spacial score (nSPS) is 11.0. The van der Waals surface area contributed by atoms with Crippen molar-refractivity contribution in [3.05, 3.63) is 70.8 Å². The summed E-state index contributed by atoms with van der Waals surface area (Å²) in [6.45, 7) is 0. The van der Waals surface area contributed by atoms with Crippen LogP contribution >= 0.6 is 23.2 Å². The third-order valence-electron chi connectivity index (χ3n) is 3.54. The highest BCUT2D eigenvalue weighted by Gasteiger charge is 2.13. The van der Waals surface area contributed by atoms with Gasteiger partial charge in [-0.15, -0.1) is 10.2 Å². The van der Waals surface area contributed by atoms with E-state index >= 15 is 0 Å². The summed E-state index contributed by atoms with van der Waals surface area (Å²) in [5, 5.41) is 13.9. The first kappa shape index (κ1) is 14.2. The molecule has 6 heteroatoms. The van der Waals surface area contributed by atoms with Gasteiger partial charge in [0.1, 0.15) is 0 Å². The lowest BCUT2D eigenvalue weighted by atomic mass is 10.1. The van der Waals surface area contributed by atoms with E-state index in [1.54, 1.807) is 16.6 Å². The molecule has 0 unspecified atom stereocenters. The van der Waals surface area contributed by atoms with Crippen molar-refractivity contribution in [3.8, 4) is 22.5 Å². The van der Waals surface area contributed by atoms with Crippen LogP contribution in [0.1, 0.15) is 0 Å². The van der Waals surface area contributed by atoms with Gasteiger partial charge in [-0.25, -0.2) is 0 Å². The second-order valence-corrected chi connectivity index (χ2v) is 5.81. The van der Waals surface area contributed by atoms with Crippen LogP contribution in [0.15, 0.2) is 60.7 Å². The Balaban J connectivity index is 1.88. The quantitative estimate of drug-likeness (QED) is 0.528. The first-order chi connectivity index (χ1) is 11.2. The number of aromatic nitrogens is 4. The van der Waals surface area contributed by atoms with E-state index in [2.05, 4.69) is 15.3 Å². The van der Waals surface area contributed by atoms with Crippen molar-refractivity contribution < 1.29 is 0 Å². The highest BCUT2D eigenvalue weighted by atomic mass is 35.5. The van der Waals surface area contributed by atoms with E-state index in [0.29, 0.717) is 21.6 Å². The van der Waals surface area contributed by atoms with E-state index in [1.165, 1.54) is 0 Å². The van der Waals surface area contributed by atoms with Gasteiger partial charge < -0.3 is 0 Å². The second kappa shape index (κ2) is 5.65. The van der Waals surface area contributed by atoms with Crippen LogP contribution in [-0.4, -0.2) is 19.8 Å². The van der Waals surface area contributed by atoms with E-state index < -0.39 is 0 Å². The van der Waals surface area contributed by atoms with Crippen molar-refractivity contribution in [2.45, 2.75) is 0 Å². The van der Waals surface area contributed by atoms with Gasteiger partial charge in [0.25, 0.3) is 0 Å². The Morgan fingerprint density at radius 1 is 0.783 bits per heavy atom. The standard InChI is InChI=1S/C17H10Cl2N4/c18-13-8-6-12(7-9-13)17-21-20-15-10-14(16(19)22-23(15)17)11-4-2-1-3-5-11/h1-10H. The molecule has 4 rings (SSSR count). The van der Waals surface area contributed by atoms with Crippen LogP contribution in [0.3, 0.4) is 0 Å². The molecular weight excluding hydrogens is 331 g/mol. The highest BCUT2D eigenvalue weighted by Crippen LogP contribution is 2.28. The molecule has 0 aliphatic carbocycles. The van der Waals surface area contributed by atoms with Gasteiger partial charge in [-0.05, 0) is 35.9 Å². The molecule has 2 aromatic carbocycles. The Hall–Kier alpha value is -2.43. The molecule has 112 valence electrons. The SMILES string of the molecule is Clc1ccc(-c2nnc3cc(-c4ccccc4)c(Cl)nn23)cc1. The Morgan fingerprint density at radius 3 is 2.26 bits per heavy atom. The molecule has 4 nitrogen and oxygen atoms in total. The predicted molar refractivity (Wildman–Crippen MR) is 91.7 cm³/mol. The first-order valence-corrected chi connectivity index (χ1v) is 7.71. The van der Waals surface area contributed by atoms with Gasteiger partial charge in [-0.2, -0.15) is 9.61 Å². The number of rotatable bonds is 2. The minimum atomic E-state index is 0.402. The summed E-state index contributed by atoms with van der Waals surface area (Å²) in [4.78, 5) is 0. The minimum Gasteiger partial charge on any atom is -0.191 e. The molecule has 0 saturated carbocycles. The zero-order valence-corrected chi connectivity index (χ0v) is 13.3. The fraction of sp³-hybridized carbons (Fsp3) is 0. The summed E-state index contributed by atoms with van der Waals surface area (Å²) < 4.78 is 1.64. The van der Waals surface area contributed by atoms with E-state index in [4.69, 9.17) is 23.2 Å². The van der Waals surface area contributed by atoms with Gasteiger partial charge in [-0.3, -0.25) is 0 Å². The van der Waals surface area contributed by atoms with E-state index in [9.17, 15) is 0 Å². The number of nitrogens with zero attached hydrogens (tertiary/aromatic N) is 4. The molecule has 0 saturated heterocycles. The number of fused-ring (bicyclic) bond motifs is 1. The smallest absolute Gasteiger partial charge is 0.185 e. The van der Waals surface area contributed by atoms with Crippen LogP contribution in [0.25, 0.3) is 28.2 Å². The van der Waals surface area contributed by atoms with E-state index in [-0.39, 0.29) is 0 Å². The summed E-state index contributed by atoms with van der Waals surface area (Å²) in [6.07, 6.45) is 0. The summed E-state index contributed by atoms with van der Waals surface area (Å²) in [5.74, 6) is 0.623. The molecule has 0 fully saturated rings. The fourth-order valence-electron chi connectivity index (χ4n) is 2.41. The second-order valence-electron chi connectivity index (χ2n) is 5.02. The van der Waals surface area contributed by atoms with Crippen LogP contribution in [0, 0.1) is 0 Å². The molecule has 2 aromatic heterocycles. The molecule has 0 bridgehead atoms. The van der Waals surface area contributed by atoms with Gasteiger partial charge in [0.05, 0.1) is 0 Å². The molecule has 0 radical (unpaired) electrons. The number of hydrogen-bond donors (Lipinski definition) is 0. The molecule has 23 heavy (non-hydrogen) atoms. The van der Waals surface area contributed by atoms with Crippen molar-refractivity contribution in [3.63, 3.8) is 0 Å². The molecule has 4 aromatic rings. The van der Waals surface area contributed by atoms with Crippen molar-refractivity contribution in [2.24, 2.45) is 0 Å². The van der Waals surface area contributed by atoms with Gasteiger partial charge in [0.2, 0.25) is 0 Å². The van der Waals surface area contributed by atoms with E-state index in [1.807, 2.05) is 48.5 Å². The molecule has 0 aliphatic rings. The lowest BCUT2D eigenvalue weighted by Gasteiger charge is -2.05. The van der Waals surface area contributed by atoms with Crippen molar-refractivity contribution in [1.82, 2.24) is 19.8 Å². The molecule has 0 atom stereocenters. The van der Waals surface area contributed by atoms with E-state index in [0.717, 1.165) is 16.7 Å². The highest BCUT2D eigenvalue weighted by molar-refractivity contribution is 6.32. The monoisotopic (exact) mass is 340 g/mol. The fourth-order valence-corrected chi connectivity index (χ4v) is 2.78. The Bertz CT molecular complexity index is 979. The number of benzene rings is 2. The van der Waals surface area contributed by atoms with Crippen LogP contribution in [0.2, 0.25) is 10.2 Å². The van der Waals surface area contributed by atoms with Gasteiger partial charge in [-0.1, -0.05) is 53.5 Å². The van der Waals surface area contributed by atoms with Crippen LogP contribution in [0.5, 0.6) is 0 Å². The van der Waals surface area contributed by atoms with Gasteiger partial charge >= 0.3 is 0 Å². The van der Waals surface area contributed by atoms with Gasteiger partial charge in [0, 0.05) is 16.1 Å². The maximum atomic E-state index is 6.37. The Labute approximate surface area is 142 Å². The zero-order valence-electron chi connectivity index (χ0n) is 11.8. The molecule has 0 amide bonds. The van der Waals surface area contributed by atoms with Crippen molar-refractivity contribution in [1.29, 1.82) is 0 Å².